The van der Waals surface area contributed by atoms with Crippen LogP contribution in [0.5, 0.6) is 0 Å². The normalized spacial score (nSPS) is 20.4. The first-order chi connectivity index (χ1) is 13.4. The van der Waals surface area contributed by atoms with Crippen LogP contribution in [0.3, 0.4) is 0 Å². The van der Waals surface area contributed by atoms with Crippen LogP contribution in [0.4, 0.5) is 0 Å². The Bertz CT molecular complexity index is 848. The minimum Gasteiger partial charge on any atom is -0.477 e. The van der Waals surface area contributed by atoms with E-state index in [0.29, 0.717) is 12.1 Å². The van der Waals surface area contributed by atoms with Crippen LogP contribution in [0.2, 0.25) is 0 Å². The number of aromatic carboxylic acids is 1. The number of carbonyl (C=O) groups excluding carboxylic acids is 1. The first-order valence-corrected chi connectivity index (χ1v) is 10.2. The molecule has 0 unspecified atom stereocenters. The largest absolute Gasteiger partial charge is 0.477 e. The summed E-state index contributed by atoms with van der Waals surface area (Å²) < 4.78 is 1.65. The summed E-state index contributed by atoms with van der Waals surface area (Å²) in [4.78, 5) is 26.7. The minimum atomic E-state index is -1.00. The summed E-state index contributed by atoms with van der Waals surface area (Å²) in [6.07, 6.45) is 2.29. The number of carboxylic acid groups (broad SMARTS) is 1. The summed E-state index contributed by atoms with van der Waals surface area (Å²) in [5.74, 6) is 0.340. The highest BCUT2D eigenvalue weighted by molar-refractivity contribution is 6.00. The zero-order valence-corrected chi connectivity index (χ0v) is 17.1. The molecule has 2 atom stereocenters. The van der Waals surface area contributed by atoms with Gasteiger partial charge in [0.2, 0.25) is 5.91 Å². The van der Waals surface area contributed by atoms with Gasteiger partial charge in [-0.15, -0.1) is 0 Å². The number of nitrogens with zero attached hydrogens (tertiary/aromatic N) is 2. The van der Waals surface area contributed by atoms with Crippen molar-refractivity contribution in [2.45, 2.75) is 33.1 Å². The van der Waals surface area contributed by atoms with Crippen molar-refractivity contribution in [1.29, 1.82) is 0 Å². The number of amides is 1. The van der Waals surface area contributed by atoms with E-state index in [-0.39, 0.29) is 18.0 Å². The van der Waals surface area contributed by atoms with Gasteiger partial charge in [-0.3, -0.25) is 4.79 Å². The molecule has 6 heteroatoms. The van der Waals surface area contributed by atoms with Crippen molar-refractivity contribution in [2.75, 3.05) is 26.2 Å². The first-order valence-electron chi connectivity index (χ1n) is 10.2. The van der Waals surface area contributed by atoms with Crippen LogP contribution in [0, 0.1) is 11.8 Å². The number of para-hydroxylation sites is 1. The van der Waals surface area contributed by atoms with Gasteiger partial charge in [-0.05, 0) is 37.3 Å². The lowest BCUT2D eigenvalue weighted by Crippen LogP contribution is -2.40. The van der Waals surface area contributed by atoms with Crippen molar-refractivity contribution < 1.29 is 14.7 Å². The van der Waals surface area contributed by atoms with Crippen molar-refractivity contribution in [1.82, 2.24) is 14.8 Å². The van der Waals surface area contributed by atoms with Gasteiger partial charge in [-0.2, -0.15) is 0 Å². The second-order valence-electron chi connectivity index (χ2n) is 8.29. The quantitative estimate of drug-likeness (QED) is 0.719. The van der Waals surface area contributed by atoms with Gasteiger partial charge in [0.05, 0.1) is 6.42 Å². The van der Waals surface area contributed by atoms with Crippen LogP contribution < -0.4 is 5.32 Å². The Kier molecular flexibility index (Phi) is 6.39. The lowest BCUT2D eigenvalue weighted by molar-refractivity contribution is -0.120. The summed E-state index contributed by atoms with van der Waals surface area (Å²) in [5, 5.41) is 13.4. The average molecular weight is 386 g/mol. The molecule has 3 rings (SSSR count). The van der Waals surface area contributed by atoms with Crippen LogP contribution in [0.15, 0.2) is 24.3 Å². The van der Waals surface area contributed by atoms with E-state index in [1.165, 1.54) is 6.42 Å². The summed E-state index contributed by atoms with van der Waals surface area (Å²) in [7, 11) is 1.73. The molecule has 0 saturated carbocycles. The molecule has 0 radical (unpaired) electrons. The molecular weight excluding hydrogens is 354 g/mol. The zero-order chi connectivity index (χ0) is 20.3. The molecule has 1 amide bonds. The second-order valence-corrected chi connectivity index (χ2v) is 8.29. The Balaban J connectivity index is 1.57. The SMILES string of the molecule is C[C@@H]1C[C@H](C)CN(CCCNC(=O)Cc2c(C(=O)O)n(C)c3ccccc23)C1. The maximum absolute atomic E-state index is 12.5. The van der Waals surface area contributed by atoms with Crippen molar-refractivity contribution in [3.8, 4) is 0 Å². The summed E-state index contributed by atoms with van der Waals surface area (Å²) in [5.41, 5.74) is 1.60. The van der Waals surface area contributed by atoms with Crippen molar-refractivity contribution in [2.24, 2.45) is 18.9 Å². The van der Waals surface area contributed by atoms with Crippen molar-refractivity contribution in [3.05, 3.63) is 35.5 Å². The number of rotatable bonds is 7. The summed E-state index contributed by atoms with van der Waals surface area (Å²) in [6, 6.07) is 7.50. The van der Waals surface area contributed by atoms with Gasteiger partial charge in [0.1, 0.15) is 5.69 Å². The number of piperidine rings is 1. The molecule has 1 aliphatic rings. The summed E-state index contributed by atoms with van der Waals surface area (Å²) >= 11 is 0. The van der Waals surface area contributed by atoms with Gasteiger partial charge in [0.15, 0.2) is 0 Å². The Morgan fingerprint density at radius 2 is 1.86 bits per heavy atom. The van der Waals surface area contributed by atoms with Gasteiger partial charge in [0.25, 0.3) is 0 Å². The third-order valence-corrected chi connectivity index (χ3v) is 5.67. The van der Waals surface area contributed by atoms with E-state index in [9.17, 15) is 14.7 Å². The van der Waals surface area contributed by atoms with Crippen LogP contribution in [0.1, 0.15) is 42.7 Å². The Hall–Kier alpha value is -2.34. The fourth-order valence-electron chi connectivity index (χ4n) is 4.65. The molecule has 2 heterocycles. The molecule has 1 aromatic heterocycles. The number of aryl methyl sites for hydroxylation is 1. The number of aromatic nitrogens is 1. The topological polar surface area (TPSA) is 74.6 Å². The molecule has 152 valence electrons. The maximum atomic E-state index is 12.5. The van der Waals surface area contributed by atoms with Crippen molar-refractivity contribution in [3.63, 3.8) is 0 Å². The van der Waals surface area contributed by atoms with E-state index in [2.05, 4.69) is 24.1 Å². The number of carbonyl (C=O) groups is 2. The van der Waals surface area contributed by atoms with Gasteiger partial charge >= 0.3 is 5.97 Å². The highest BCUT2D eigenvalue weighted by atomic mass is 16.4. The summed E-state index contributed by atoms with van der Waals surface area (Å²) in [6.45, 7) is 8.48. The molecule has 1 saturated heterocycles. The minimum absolute atomic E-state index is 0.0841. The number of likely N-dealkylation sites (tertiary alicyclic amines) is 1. The number of hydrogen-bond donors (Lipinski definition) is 2. The Morgan fingerprint density at radius 3 is 2.54 bits per heavy atom. The first kappa shape index (κ1) is 20.4. The van der Waals surface area contributed by atoms with Crippen LogP contribution >= 0.6 is 0 Å². The molecule has 1 aliphatic heterocycles. The van der Waals surface area contributed by atoms with E-state index in [1.807, 2.05) is 24.3 Å². The highest BCUT2D eigenvalue weighted by Gasteiger charge is 2.23. The lowest BCUT2D eigenvalue weighted by Gasteiger charge is -2.34. The molecule has 1 fully saturated rings. The maximum Gasteiger partial charge on any atom is 0.352 e. The van der Waals surface area contributed by atoms with Crippen LogP contribution in [0.25, 0.3) is 10.9 Å². The van der Waals surface area contributed by atoms with Gasteiger partial charge < -0.3 is 19.9 Å². The van der Waals surface area contributed by atoms with Crippen LogP contribution in [-0.4, -0.2) is 52.6 Å². The number of fused-ring (bicyclic) bond motifs is 1. The molecule has 28 heavy (non-hydrogen) atoms. The van der Waals surface area contributed by atoms with E-state index in [0.717, 1.165) is 48.8 Å². The number of nitrogens with one attached hydrogen (secondary N) is 1. The second kappa shape index (κ2) is 8.78. The average Bonchev–Trinajstić information content (AvgIpc) is 2.90. The third-order valence-electron chi connectivity index (χ3n) is 5.67. The predicted octanol–water partition coefficient (Wildman–Crippen LogP) is 2.90. The fourth-order valence-corrected chi connectivity index (χ4v) is 4.65. The van der Waals surface area contributed by atoms with E-state index in [1.54, 1.807) is 11.6 Å². The molecule has 2 aromatic rings. The molecule has 0 aliphatic carbocycles. The lowest BCUT2D eigenvalue weighted by atomic mass is 9.92. The Labute approximate surface area is 166 Å². The monoisotopic (exact) mass is 385 g/mol. The molecule has 0 bridgehead atoms. The van der Waals surface area contributed by atoms with Gasteiger partial charge in [-0.25, -0.2) is 4.79 Å². The molecule has 2 N–H and O–H groups in total. The van der Waals surface area contributed by atoms with Gasteiger partial charge in [0, 0.05) is 43.1 Å². The van der Waals surface area contributed by atoms with E-state index < -0.39 is 5.97 Å². The predicted molar refractivity (Wildman–Crippen MR) is 111 cm³/mol. The van der Waals surface area contributed by atoms with E-state index in [4.69, 9.17) is 0 Å². The van der Waals surface area contributed by atoms with Gasteiger partial charge in [-0.1, -0.05) is 32.0 Å². The molecule has 1 aromatic carbocycles. The third kappa shape index (κ3) is 4.55. The number of hydrogen-bond acceptors (Lipinski definition) is 3. The smallest absolute Gasteiger partial charge is 0.352 e. The molecule has 0 spiro atoms. The molecule has 6 nitrogen and oxygen atoms in total. The fraction of sp³-hybridized carbons (Fsp3) is 0.545. The number of benzene rings is 1. The van der Waals surface area contributed by atoms with Crippen molar-refractivity contribution >= 4 is 22.8 Å². The standard InChI is InChI=1S/C22H31N3O3/c1-15-11-16(2)14-25(13-15)10-6-9-23-20(26)12-18-17-7-4-5-8-19(17)24(3)21(18)22(27)28/h4-5,7-8,15-16H,6,9-14H2,1-3H3,(H,23,26)(H,27,28)/t15-,16+. The molecular formula is C22H31N3O3. The highest BCUT2D eigenvalue weighted by Crippen LogP contribution is 2.26. The van der Waals surface area contributed by atoms with Crippen LogP contribution in [-0.2, 0) is 18.3 Å². The number of carboxylic acids is 1. The Morgan fingerprint density at radius 1 is 1.18 bits per heavy atom. The van der Waals surface area contributed by atoms with E-state index >= 15 is 0 Å². The zero-order valence-electron chi connectivity index (χ0n) is 17.1.